The van der Waals surface area contributed by atoms with Crippen LogP contribution in [-0.2, 0) is 25.5 Å². The molecule has 1 saturated heterocycles. The maximum absolute atomic E-state index is 13.7. The number of rotatable bonds is 12. The molecule has 0 N–H and O–H groups in total. The molecule has 2 heterocycles. The highest BCUT2D eigenvalue weighted by Crippen LogP contribution is 2.48. The second kappa shape index (κ2) is 13.7. The second-order valence-corrected chi connectivity index (χ2v) is 12.5. The van der Waals surface area contributed by atoms with E-state index in [1.807, 2.05) is 51.1 Å². The molecule has 0 radical (unpaired) electrons. The normalized spacial score (nSPS) is 19.0. The number of nitrogens with zero attached hydrogens (tertiary/aromatic N) is 2. The Labute approximate surface area is 250 Å². The fourth-order valence-corrected chi connectivity index (χ4v) is 5.98. The molecule has 226 valence electrons. The summed E-state index contributed by atoms with van der Waals surface area (Å²) in [6, 6.07) is 14.2. The molecule has 1 aromatic heterocycles. The first-order chi connectivity index (χ1) is 20.0. The van der Waals surface area contributed by atoms with Crippen LogP contribution in [0.15, 0.2) is 72.1 Å². The van der Waals surface area contributed by atoms with Gasteiger partial charge in [0.25, 0.3) is 0 Å². The van der Waals surface area contributed by atoms with Crippen LogP contribution in [0.25, 0.3) is 0 Å². The van der Waals surface area contributed by atoms with Gasteiger partial charge in [-0.3, -0.25) is 9.69 Å². The molecule has 0 bridgehead atoms. The van der Waals surface area contributed by atoms with Gasteiger partial charge >= 0.3 is 11.9 Å². The summed E-state index contributed by atoms with van der Waals surface area (Å²) in [5.41, 5.74) is 1.90. The van der Waals surface area contributed by atoms with E-state index in [-0.39, 0.29) is 24.1 Å². The summed E-state index contributed by atoms with van der Waals surface area (Å²) in [5.74, 6) is -0.426. The largest absolute Gasteiger partial charge is 0.493 e. The lowest BCUT2D eigenvalue weighted by atomic mass is 9.70. The molecule has 1 fully saturated rings. The highest BCUT2D eigenvalue weighted by atomic mass is 16.6. The lowest BCUT2D eigenvalue weighted by Gasteiger charge is -2.50. The van der Waals surface area contributed by atoms with Crippen LogP contribution < -0.4 is 0 Å². The van der Waals surface area contributed by atoms with Gasteiger partial charge in [-0.2, -0.15) is 0 Å². The number of benzene rings is 1. The fourth-order valence-electron chi connectivity index (χ4n) is 5.98. The summed E-state index contributed by atoms with van der Waals surface area (Å²) >= 11 is 0. The Bertz CT molecular complexity index is 1290. The molecule has 7 heteroatoms. The van der Waals surface area contributed by atoms with Gasteiger partial charge in [0.1, 0.15) is 11.4 Å². The van der Waals surface area contributed by atoms with Crippen LogP contribution in [-0.4, -0.2) is 52.2 Å². The molecule has 0 spiro atoms. The van der Waals surface area contributed by atoms with Crippen LogP contribution in [0.1, 0.15) is 101 Å². The first-order valence-electron chi connectivity index (χ1n) is 15.2. The SMILES string of the molecule is CCCCOC(=O)c1ncccc1C(CC(=O)OC(C)(C)C)[C@]1(N(Cc2ccccc2)C(C)C)C=C2OCCC2=CC1. The van der Waals surface area contributed by atoms with Gasteiger partial charge in [-0.15, -0.1) is 0 Å². The summed E-state index contributed by atoms with van der Waals surface area (Å²) in [6.45, 7) is 13.6. The van der Waals surface area contributed by atoms with E-state index < -0.39 is 23.0 Å². The van der Waals surface area contributed by atoms with Crippen molar-refractivity contribution in [3.8, 4) is 0 Å². The molecule has 4 rings (SSSR count). The maximum atomic E-state index is 13.7. The zero-order valence-corrected chi connectivity index (χ0v) is 26.0. The predicted molar refractivity (Wildman–Crippen MR) is 164 cm³/mol. The topological polar surface area (TPSA) is 78.0 Å². The number of hydrogen-bond acceptors (Lipinski definition) is 7. The van der Waals surface area contributed by atoms with Crippen molar-refractivity contribution in [1.29, 1.82) is 0 Å². The number of carbonyl (C=O) groups is 2. The number of hydrogen-bond donors (Lipinski definition) is 0. The van der Waals surface area contributed by atoms with Crippen LogP contribution in [0, 0.1) is 0 Å². The number of esters is 2. The molecule has 1 aromatic carbocycles. The number of allylic oxidation sites excluding steroid dienone is 1. The third-order valence-corrected chi connectivity index (χ3v) is 7.89. The molecule has 2 aromatic rings. The van der Waals surface area contributed by atoms with Crippen LogP contribution in [0.5, 0.6) is 0 Å². The molecule has 1 unspecified atom stereocenters. The Balaban J connectivity index is 1.90. The summed E-state index contributed by atoms with van der Waals surface area (Å²) in [7, 11) is 0. The van der Waals surface area contributed by atoms with Crippen molar-refractivity contribution in [3.63, 3.8) is 0 Å². The lowest BCUT2D eigenvalue weighted by molar-refractivity contribution is -0.156. The lowest BCUT2D eigenvalue weighted by Crippen LogP contribution is -2.55. The van der Waals surface area contributed by atoms with Gasteiger partial charge in [0.15, 0.2) is 5.69 Å². The molecule has 1 aliphatic heterocycles. The minimum Gasteiger partial charge on any atom is -0.493 e. The zero-order valence-electron chi connectivity index (χ0n) is 26.0. The Hall–Kier alpha value is -3.45. The quantitative estimate of drug-likeness (QED) is 0.197. The van der Waals surface area contributed by atoms with Gasteiger partial charge < -0.3 is 14.2 Å². The fraction of sp³-hybridized carbons (Fsp3) is 0.514. The first-order valence-corrected chi connectivity index (χ1v) is 15.2. The number of carbonyl (C=O) groups excluding carboxylic acids is 2. The first kappa shape index (κ1) is 31.5. The number of unbranched alkanes of at least 4 members (excludes halogenated alkanes) is 1. The molecular formula is C35H46N2O5. The Morgan fingerprint density at radius 2 is 1.88 bits per heavy atom. The van der Waals surface area contributed by atoms with E-state index in [1.165, 1.54) is 5.57 Å². The van der Waals surface area contributed by atoms with Gasteiger partial charge in [-0.25, -0.2) is 9.78 Å². The molecule has 2 atom stereocenters. The van der Waals surface area contributed by atoms with E-state index >= 15 is 0 Å². The van der Waals surface area contributed by atoms with E-state index in [1.54, 1.807) is 6.20 Å². The van der Waals surface area contributed by atoms with Gasteiger partial charge in [0.05, 0.1) is 25.2 Å². The average molecular weight is 575 g/mol. The van der Waals surface area contributed by atoms with Gasteiger partial charge in [-0.05, 0) is 76.3 Å². The molecule has 2 aliphatic rings. The van der Waals surface area contributed by atoms with Crippen molar-refractivity contribution in [1.82, 2.24) is 9.88 Å². The minimum absolute atomic E-state index is 0.0587. The average Bonchev–Trinajstić information content (AvgIpc) is 3.42. The number of pyridine rings is 1. The standard InChI is InChI=1S/C35H46N2O5/c1-7-8-20-41-33(39)32-28(15-12-19-36-32)29(22-31(38)42-34(4,5)6)35(18-16-27-17-21-40-30(27)23-35)37(25(2)3)24-26-13-10-9-11-14-26/h9-16,19,23,25,29H,7-8,17-18,20-22,24H2,1-6H3/t29?,35-/m1/s1. The Kier molecular flexibility index (Phi) is 10.3. The molecule has 0 amide bonds. The van der Waals surface area contributed by atoms with Crippen molar-refractivity contribution in [2.24, 2.45) is 0 Å². The van der Waals surface area contributed by atoms with E-state index in [2.05, 4.69) is 54.9 Å². The summed E-state index contributed by atoms with van der Waals surface area (Å²) in [6.07, 6.45) is 9.31. The van der Waals surface area contributed by atoms with Crippen molar-refractivity contribution in [3.05, 3.63) is 89.0 Å². The smallest absolute Gasteiger partial charge is 0.357 e. The molecular weight excluding hydrogens is 528 g/mol. The van der Waals surface area contributed by atoms with Crippen LogP contribution in [0.4, 0.5) is 0 Å². The highest BCUT2D eigenvalue weighted by molar-refractivity contribution is 5.89. The molecule has 7 nitrogen and oxygen atoms in total. The van der Waals surface area contributed by atoms with Gasteiger partial charge in [0, 0.05) is 31.1 Å². The third kappa shape index (κ3) is 7.49. The summed E-state index contributed by atoms with van der Waals surface area (Å²) < 4.78 is 17.7. The van der Waals surface area contributed by atoms with Crippen LogP contribution in [0.2, 0.25) is 0 Å². The van der Waals surface area contributed by atoms with Crippen molar-refractivity contribution in [2.75, 3.05) is 13.2 Å². The predicted octanol–water partition coefficient (Wildman–Crippen LogP) is 7.14. The molecule has 0 saturated carbocycles. The van der Waals surface area contributed by atoms with Gasteiger partial charge in [-0.1, -0.05) is 55.8 Å². The highest BCUT2D eigenvalue weighted by Gasteiger charge is 2.49. The Morgan fingerprint density at radius 3 is 2.57 bits per heavy atom. The molecule has 1 aliphatic carbocycles. The minimum atomic E-state index is -0.717. The van der Waals surface area contributed by atoms with Crippen molar-refractivity contribution >= 4 is 11.9 Å². The Morgan fingerprint density at radius 1 is 1.12 bits per heavy atom. The van der Waals surface area contributed by atoms with Crippen LogP contribution >= 0.6 is 0 Å². The summed E-state index contributed by atoms with van der Waals surface area (Å²) in [5, 5.41) is 0. The summed E-state index contributed by atoms with van der Waals surface area (Å²) in [4.78, 5) is 34.1. The van der Waals surface area contributed by atoms with E-state index in [0.29, 0.717) is 31.7 Å². The van der Waals surface area contributed by atoms with E-state index in [0.717, 1.165) is 30.6 Å². The van der Waals surface area contributed by atoms with Crippen molar-refractivity contribution < 1.29 is 23.8 Å². The maximum Gasteiger partial charge on any atom is 0.357 e. The van der Waals surface area contributed by atoms with Crippen molar-refractivity contribution in [2.45, 2.75) is 103 Å². The van der Waals surface area contributed by atoms with Crippen LogP contribution in [0.3, 0.4) is 0 Å². The number of fused-ring (bicyclic) bond motifs is 1. The van der Waals surface area contributed by atoms with E-state index in [4.69, 9.17) is 14.2 Å². The number of aromatic nitrogens is 1. The molecule has 42 heavy (non-hydrogen) atoms. The second-order valence-electron chi connectivity index (χ2n) is 12.5. The monoisotopic (exact) mass is 574 g/mol. The third-order valence-electron chi connectivity index (χ3n) is 7.89. The van der Waals surface area contributed by atoms with E-state index in [9.17, 15) is 9.59 Å². The zero-order chi connectivity index (χ0) is 30.3. The van der Waals surface area contributed by atoms with Gasteiger partial charge in [0.2, 0.25) is 0 Å². The number of ether oxygens (including phenoxy) is 3.